The second-order valence-corrected chi connectivity index (χ2v) is 20.0. The Kier molecular flexibility index (Phi) is 19.1. The van der Waals surface area contributed by atoms with Gasteiger partial charge < -0.3 is 29.7 Å². The average Bonchev–Trinajstić information content (AvgIpc) is 4.29. The lowest BCUT2D eigenvalue weighted by molar-refractivity contribution is 0.0165. The third kappa shape index (κ3) is 10.8. The molecule has 12 rings (SSSR count). The lowest BCUT2D eigenvalue weighted by atomic mass is 9.66. The van der Waals surface area contributed by atoms with Gasteiger partial charge in [-0.3, -0.25) is 14.7 Å². The van der Waals surface area contributed by atoms with Crippen LogP contribution in [0.4, 0.5) is 17.3 Å². The van der Waals surface area contributed by atoms with Crippen molar-refractivity contribution in [2.75, 3.05) is 94.7 Å². The van der Waals surface area contributed by atoms with E-state index in [0.29, 0.717) is 16.5 Å². The second-order valence-electron chi connectivity index (χ2n) is 20.0. The van der Waals surface area contributed by atoms with Gasteiger partial charge in [-0.1, -0.05) is 69.2 Å². The molecule has 3 atom stereocenters. The van der Waals surface area contributed by atoms with Crippen LogP contribution in [0.15, 0.2) is 55.8 Å². The van der Waals surface area contributed by atoms with Crippen LogP contribution in [0.3, 0.4) is 0 Å². The minimum Gasteiger partial charge on any atom is -0.369 e. The van der Waals surface area contributed by atoms with Gasteiger partial charge in [-0.2, -0.15) is 0 Å². The van der Waals surface area contributed by atoms with Crippen molar-refractivity contribution in [1.29, 1.82) is 0 Å². The minimum absolute atomic E-state index is 0.263. The quantitative estimate of drug-likeness (QED) is 0.155. The number of imidazole rings is 1. The lowest BCUT2D eigenvalue weighted by Crippen LogP contribution is -2.63. The van der Waals surface area contributed by atoms with Crippen molar-refractivity contribution < 1.29 is 0 Å². The first kappa shape index (κ1) is 54.5. The highest BCUT2D eigenvalue weighted by Gasteiger charge is 2.53. The summed E-state index contributed by atoms with van der Waals surface area (Å²) < 4.78 is 0. The number of H-pyrrole nitrogens is 3. The van der Waals surface area contributed by atoms with Gasteiger partial charge in [0.05, 0.1) is 11.7 Å². The van der Waals surface area contributed by atoms with E-state index in [2.05, 4.69) is 127 Å². The summed E-state index contributed by atoms with van der Waals surface area (Å²) in [5.41, 5.74) is 6.36. The average molecular weight is 962 g/mol. The number of rotatable bonds is 3. The minimum atomic E-state index is 0.263. The Balaban J connectivity index is 0.000000161. The molecule has 6 fully saturated rings. The van der Waals surface area contributed by atoms with Crippen molar-refractivity contribution in [2.45, 2.75) is 156 Å². The Hall–Kier alpha value is -4.86. The van der Waals surface area contributed by atoms with Gasteiger partial charge in [0.2, 0.25) is 0 Å². The first-order valence-corrected chi connectivity index (χ1v) is 27.3. The molecule has 0 aliphatic carbocycles. The monoisotopic (exact) mass is 962 g/mol. The molecule has 12 heterocycles. The van der Waals surface area contributed by atoms with Crippen LogP contribution < -0.4 is 14.7 Å². The molecule has 0 aromatic carbocycles. The van der Waals surface area contributed by atoms with Crippen LogP contribution >= 0.6 is 0 Å². The summed E-state index contributed by atoms with van der Waals surface area (Å²) in [7, 11) is 6.86. The van der Waals surface area contributed by atoms with Crippen LogP contribution in [0.1, 0.15) is 140 Å². The summed E-state index contributed by atoms with van der Waals surface area (Å²) in [5, 5.41) is 2.39. The molecule has 3 N–H and O–H groups in total. The number of hydrogen-bond donors (Lipinski definition) is 3. The van der Waals surface area contributed by atoms with Crippen molar-refractivity contribution in [3.8, 4) is 0 Å². The molecular formula is C55H91N15. The number of likely N-dealkylation sites (N-methyl/N-ethyl adjacent to an activating group) is 3. The molecule has 15 nitrogen and oxygen atoms in total. The standard InChI is InChI=1S/C17H25N5.C16H22N4.C14H20N6.4C2H6/c1-16(2)7-10-22(11-17(16)6-4-9-21(17)3)15-13-5-8-18-14(13)19-12-20-15;1-19-10-2-6-16(19)7-3-11-20(12-16)14-5-9-18-15-13(14)4-8-17-15;1-19-6-2-4-14(19)5-3-7-20(8-14)13-11-12(16-9-15-11)17-10-18-13;4*1-2/h5,8,12H,4,6-7,9-11H2,1-3H3,(H,18,19,20);4-5,8-9H,2-3,6-7,10-12H2,1H3,(H,17,18);9-10H,2-8H2,1H3,(H,15,16,17,18);4*1-2H3. The zero-order chi connectivity index (χ0) is 50.5. The second kappa shape index (κ2) is 24.5. The number of aromatic nitrogens is 9. The number of piperidine rings is 3. The van der Waals surface area contributed by atoms with E-state index in [1.54, 1.807) is 19.0 Å². The highest BCUT2D eigenvalue weighted by Crippen LogP contribution is 2.49. The number of aromatic amines is 3. The van der Waals surface area contributed by atoms with Gasteiger partial charge in [-0.15, -0.1) is 0 Å². The van der Waals surface area contributed by atoms with Crippen LogP contribution in [0.2, 0.25) is 0 Å². The molecule has 3 unspecified atom stereocenters. The molecule has 0 amide bonds. The van der Waals surface area contributed by atoms with E-state index in [4.69, 9.17) is 0 Å². The first-order valence-electron chi connectivity index (χ1n) is 27.3. The molecule has 3 spiro atoms. The molecular weight excluding hydrogens is 871 g/mol. The Morgan fingerprint density at radius 2 is 1.00 bits per heavy atom. The van der Waals surface area contributed by atoms with E-state index in [1.807, 2.05) is 74.0 Å². The molecule has 70 heavy (non-hydrogen) atoms. The van der Waals surface area contributed by atoms with Gasteiger partial charge in [0.25, 0.3) is 0 Å². The maximum Gasteiger partial charge on any atom is 0.182 e. The highest BCUT2D eigenvalue weighted by atomic mass is 15.3. The maximum atomic E-state index is 4.61. The number of likely N-dealkylation sites (tertiary alicyclic amines) is 3. The zero-order valence-electron chi connectivity index (χ0n) is 45.7. The summed E-state index contributed by atoms with van der Waals surface area (Å²) in [5.74, 6) is 2.09. The summed E-state index contributed by atoms with van der Waals surface area (Å²) in [6, 6.07) is 6.41. The summed E-state index contributed by atoms with van der Waals surface area (Å²) in [6.45, 7) is 31.2. The normalized spacial score (nSPS) is 25.2. The molecule has 0 saturated carbocycles. The molecule has 6 aromatic heterocycles. The zero-order valence-corrected chi connectivity index (χ0v) is 45.7. The van der Waals surface area contributed by atoms with Gasteiger partial charge in [-0.25, -0.2) is 29.9 Å². The topological polar surface area (TPSA) is 144 Å². The SMILES string of the molecule is CC.CC.CC.CC.CN1CCCC12CCCN(c1ccnc3[nH]ccc13)C2.CN1CCCC12CCCN(c1ncnc3nc[nH]c13)C2.CN1CCCC12CN(c1ncnc3[nH]ccc13)CCC2(C)C. The Bertz CT molecular complexity index is 2370. The molecule has 6 aliphatic heterocycles. The number of nitrogens with one attached hydrogen (secondary N) is 3. The van der Waals surface area contributed by atoms with Crippen molar-refractivity contribution >= 4 is 50.6 Å². The number of fused-ring (bicyclic) bond motifs is 3. The molecule has 6 aromatic rings. The van der Waals surface area contributed by atoms with Crippen molar-refractivity contribution in [1.82, 2.24) is 59.6 Å². The fraction of sp³-hybridized carbons (Fsp3) is 0.673. The van der Waals surface area contributed by atoms with E-state index in [0.717, 1.165) is 72.2 Å². The third-order valence-electron chi connectivity index (χ3n) is 16.4. The van der Waals surface area contributed by atoms with Crippen LogP contribution in [-0.4, -0.2) is 156 Å². The van der Waals surface area contributed by atoms with Crippen LogP contribution in [0.25, 0.3) is 33.2 Å². The molecule has 0 radical (unpaired) electrons. The van der Waals surface area contributed by atoms with E-state index in [1.165, 1.54) is 108 Å². The molecule has 6 saturated heterocycles. The van der Waals surface area contributed by atoms with E-state index in [9.17, 15) is 0 Å². The van der Waals surface area contributed by atoms with Crippen LogP contribution in [-0.2, 0) is 0 Å². The van der Waals surface area contributed by atoms with Crippen molar-refractivity contribution in [3.05, 3.63) is 55.8 Å². The third-order valence-corrected chi connectivity index (χ3v) is 16.4. The lowest BCUT2D eigenvalue weighted by Gasteiger charge is -2.55. The predicted molar refractivity (Wildman–Crippen MR) is 294 cm³/mol. The van der Waals surface area contributed by atoms with Crippen LogP contribution in [0, 0.1) is 5.41 Å². The fourth-order valence-corrected chi connectivity index (χ4v) is 12.6. The van der Waals surface area contributed by atoms with Gasteiger partial charge >= 0.3 is 0 Å². The summed E-state index contributed by atoms with van der Waals surface area (Å²) in [6.07, 6.45) is 25.1. The molecule has 15 heteroatoms. The largest absolute Gasteiger partial charge is 0.369 e. The summed E-state index contributed by atoms with van der Waals surface area (Å²) >= 11 is 0. The van der Waals surface area contributed by atoms with Crippen LogP contribution in [0.5, 0.6) is 0 Å². The number of nitrogens with zero attached hydrogens (tertiary/aromatic N) is 12. The van der Waals surface area contributed by atoms with Crippen molar-refractivity contribution in [3.63, 3.8) is 0 Å². The predicted octanol–water partition coefficient (Wildman–Crippen LogP) is 10.8. The molecule has 6 aliphatic rings. The van der Waals surface area contributed by atoms with Crippen molar-refractivity contribution in [2.24, 2.45) is 5.41 Å². The number of hydrogen-bond acceptors (Lipinski definition) is 12. The fourth-order valence-electron chi connectivity index (χ4n) is 12.6. The molecule has 0 bridgehead atoms. The van der Waals surface area contributed by atoms with E-state index < -0.39 is 0 Å². The van der Waals surface area contributed by atoms with Gasteiger partial charge in [0.1, 0.15) is 35.3 Å². The Morgan fingerprint density at radius 1 is 0.471 bits per heavy atom. The van der Waals surface area contributed by atoms with E-state index >= 15 is 0 Å². The smallest absolute Gasteiger partial charge is 0.182 e. The number of anilines is 3. The summed E-state index contributed by atoms with van der Waals surface area (Å²) in [4.78, 5) is 51.1. The highest BCUT2D eigenvalue weighted by molar-refractivity contribution is 5.90. The number of pyridine rings is 1. The van der Waals surface area contributed by atoms with E-state index in [-0.39, 0.29) is 5.54 Å². The maximum absolute atomic E-state index is 4.61. The van der Waals surface area contributed by atoms with Gasteiger partial charge in [0.15, 0.2) is 11.5 Å². The van der Waals surface area contributed by atoms with Gasteiger partial charge in [-0.05, 0) is 135 Å². The Labute approximate surface area is 421 Å². The first-order chi connectivity index (χ1) is 34.1. The molecule has 386 valence electrons. The Morgan fingerprint density at radius 3 is 1.63 bits per heavy atom. The van der Waals surface area contributed by atoms with Gasteiger partial charge in [0, 0.05) is 85.5 Å².